The van der Waals surface area contributed by atoms with Crippen LogP contribution in [0.15, 0.2) is 41.7 Å². The summed E-state index contributed by atoms with van der Waals surface area (Å²) in [5.41, 5.74) is 2.41. The van der Waals surface area contributed by atoms with Crippen LogP contribution in [0.2, 0.25) is 0 Å². The summed E-state index contributed by atoms with van der Waals surface area (Å²) >= 11 is 0. The van der Waals surface area contributed by atoms with Crippen molar-refractivity contribution in [3.05, 3.63) is 58.6 Å². The van der Waals surface area contributed by atoms with Gasteiger partial charge in [-0.05, 0) is 31.7 Å². The van der Waals surface area contributed by atoms with E-state index in [-0.39, 0.29) is 5.56 Å². The lowest BCUT2D eigenvalue weighted by Gasteiger charge is -2.06. The van der Waals surface area contributed by atoms with Crippen molar-refractivity contribution in [2.24, 2.45) is 5.92 Å². The molecule has 0 atom stereocenters. The normalized spacial score (nSPS) is 11.4. The van der Waals surface area contributed by atoms with Crippen molar-refractivity contribution in [3.8, 4) is 0 Å². The van der Waals surface area contributed by atoms with Crippen molar-refractivity contribution in [2.75, 3.05) is 0 Å². The monoisotopic (exact) mass is 288 g/mol. The first-order chi connectivity index (χ1) is 10.1. The highest BCUT2D eigenvalue weighted by atomic mass is 16.1. The summed E-state index contributed by atoms with van der Waals surface area (Å²) in [5, 5.41) is 6.67. The first-order valence-electron chi connectivity index (χ1n) is 7.62. The molecule has 0 fully saturated rings. The van der Waals surface area contributed by atoms with Crippen LogP contribution in [0.4, 0.5) is 0 Å². The molecule has 0 amide bonds. The lowest BCUT2D eigenvalue weighted by Crippen LogP contribution is -2.16. The number of H-pyrrole nitrogens is 1. The second kappa shape index (κ2) is 10.8. The quantitative estimate of drug-likeness (QED) is 0.782. The lowest BCUT2D eigenvalue weighted by molar-refractivity contribution is 0.583. The highest BCUT2D eigenvalue weighted by Gasteiger charge is 2.06. The zero-order valence-corrected chi connectivity index (χ0v) is 13.9. The molecule has 21 heavy (non-hydrogen) atoms. The third-order valence-electron chi connectivity index (χ3n) is 2.81. The van der Waals surface area contributed by atoms with E-state index in [2.05, 4.69) is 30.6 Å². The van der Waals surface area contributed by atoms with Crippen LogP contribution in [0.25, 0.3) is 5.57 Å². The molecule has 1 rings (SSSR count). The molecule has 1 aromatic rings. The van der Waals surface area contributed by atoms with Gasteiger partial charge in [-0.1, -0.05) is 58.6 Å². The van der Waals surface area contributed by atoms with Crippen LogP contribution in [-0.2, 0) is 6.42 Å². The van der Waals surface area contributed by atoms with Crippen molar-refractivity contribution >= 4 is 5.57 Å². The summed E-state index contributed by atoms with van der Waals surface area (Å²) < 4.78 is 0. The molecule has 0 aliphatic heterocycles. The molecule has 0 saturated heterocycles. The molecular formula is C18H28N2O. The van der Waals surface area contributed by atoms with Gasteiger partial charge in [0.25, 0.3) is 5.56 Å². The van der Waals surface area contributed by atoms with Crippen molar-refractivity contribution in [1.29, 1.82) is 0 Å². The van der Waals surface area contributed by atoms with Gasteiger partial charge >= 0.3 is 0 Å². The van der Waals surface area contributed by atoms with E-state index in [1.807, 2.05) is 45.1 Å². The Hall–Kier alpha value is -1.90. The van der Waals surface area contributed by atoms with Crippen molar-refractivity contribution in [2.45, 2.75) is 47.5 Å². The van der Waals surface area contributed by atoms with Gasteiger partial charge in [-0.2, -0.15) is 5.10 Å². The van der Waals surface area contributed by atoms with Gasteiger partial charge in [0.15, 0.2) is 0 Å². The fourth-order valence-electron chi connectivity index (χ4n) is 1.76. The highest BCUT2D eigenvalue weighted by Crippen LogP contribution is 2.14. The minimum Gasteiger partial charge on any atom is -0.268 e. The molecule has 3 nitrogen and oxygen atoms in total. The minimum absolute atomic E-state index is 0.0946. The largest absolute Gasteiger partial charge is 0.268 e. The molecule has 0 aromatic carbocycles. The first-order valence-corrected chi connectivity index (χ1v) is 7.62. The number of allylic oxidation sites excluding steroid dienone is 5. The average molecular weight is 288 g/mol. The molecule has 0 spiro atoms. The standard InChI is InChI=1S/C16H22N2O.C2H6/c1-5-7-13(8-6-2)15-11-14(10-9-12(3)4)16(19)18-17-15;1-2/h5-8,11-12H,1,9-10H2,2-4H3,(H,18,19);1-2H3/b8-6-,13-7+;. The summed E-state index contributed by atoms with van der Waals surface area (Å²) in [6.07, 6.45) is 9.27. The number of hydrogen-bond acceptors (Lipinski definition) is 2. The SMILES string of the molecule is C=C/C=C(\C=C/C)c1cc(CCC(C)C)c(=O)[nH]n1.CC. The molecule has 0 aliphatic carbocycles. The zero-order valence-electron chi connectivity index (χ0n) is 13.9. The van der Waals surface area contributed by atoms with Crippen molar-refractivity contribution in [3.63, 3.8) is 0 Å². The minimum atomic E-state index is -0.0946. The molecule has 0 aliphatic rings. The Labute approximate surface area is 128 Å². The number of rotatable bonds is 6. The fourth-order valence-corrected chi connectivity index (χ4v) is 1.76. The molecule has 0 bridgehead atoms. The van der Waals surface area contributed by atoms with E-state index in [1.165, 1.54) is 0 Å². The summed E-state index contributed by atoms with van der Waals surface area (Å²) in [6, 6.07) is 1.87. The van der Waals surface area contributed by atoms with E-state index < -0.39 is 0 Å². The predicted molar refractivity (Wildman–Crippen MR) is 92.4 cm³/mol. The topological polar surface area (TPSA) is 45.8 Å². The summed E-state index contributed by atoms with van der Waals surface area (Å²) in [7, 11) is 0. The maximum absolute atomic E-state index is 11.7. The van der Waals surface area contributed by atoms with Crippen LogP contribution in [0.1, 0.15) is 52.3 Å². The van der Waals surface area contributed by atoms with E-state index in [1.54, 1.807) is 6.08 Å². The van der Waals surface area contributed by atoms with Crippen LogP contribution < -0.4 is 5.56 Å². The van der Waals surface area contributed by atoms with Gasteiger partial charge in [0.1, 0.15) is 0 Å². The van der Waals surface area contributed by atoms with Crippen molar-refractivity contribution < 1.29 is 0 Å². The van der Waals surface area contributed by atoms with E-state index >= 15 is 0 Å². The summed E-state index contributed by atoms with van der Waals surface area (Å²) in [5.74, 6) is 0.578. The smallest absolute Gasteiger partial charge is 0.267 e. The zero-order chi connectivity index (χ0) is 16.3. The Balaban J connectivity index is 0.00000191. The first kappa shape index (κ1) is 19.1. The molecule has 1 heterocycles. The molecule has 0 radical (unpaired) electrons. The van der Waals surface area contributed by atoms with Crippen LogP contribution in [0.3, 0.4) is 0 Å². The van der Waals surface area contributed by atoms with E-state index in [4.69, 9.17) is 0 Å². The van der Waals surface area contributed by atoms with Gasteiger partial charge < -0.3 is 0 Å². The van der Waals surface area contributed by atoms with Crippen LogP contribution in [0, 0.1) is 5.92 Å². The Bertz CT molecular complexity index is 536. The second-order valence-electron chi connectivity index (χ2n) is 4.90. The Morgan fingerprint density at radius 1 is 1.43 bits per heavy atom. The predicted octanol–water partition coefficient (Wildman–Crippen LogP) is 4.53. The number of aromatic amines is 1. The summed E-state index contributed by atoms with van der Waals surface area (Å²) in [4.78, 5) is 11.7. The van der Waals surface area contributed by atoms with Gasteiger partial charge in [-0.15, -0.1) is 0 Å². The molecule has 116 valence electrons. The number of hydrogen-bond donors (Lipinski definition) is 1. The van der Waals surface area contributed by atoms with Gasteiger partial charge in [0, 0.05) is 11.1 Å². The van der Waals surface area contributed by atoms with E-state index in [9.17, 15) is 4.79 Å². The van der Waals surface area contributed by atoms with E-state index in [0.717, 1.165) is 29.7 Å². The Kier molecular flexibility index (Phi) is 9.86. The lowest BCUT2D eigenvalue weighted by atomic mass is 10.0. The third-order valence-corrected chi connectivity index (χ3v) is 2.81. The number of nitrogens with one attached hydrogen (secondary N) is 1. The number of aromatic nitrogens is 2. The maximum Gasteiger partial charge on any atom is 0.267 e. The van der Waals surface area contributed by atoms with Crippen LogP contribution >= 0.6 is 0 Å². The number of aryl methyl sites for hydroxylation is 1. The molecule has 0 saturated carbocycles. The van der Waals surface area contributed by atoms with Crippen LogP contribution in [0.5, 0.6) is 0 Å². The highest BCUT2D eigenvalue weighted by molar-refractivity contribution is 5.72. The van der Waals surface area contributed by atoms with Crippen molar-refractivity contribution in [1.82, 2.24) is 10.2 Å². The maximum atomic E-state index is 11.7. The van der Waals surface area contributed by atoms with Crippen LogP contribution in [-0.4, -0.2) is 10.2 Å². The van der Waals surface area contributed by atoms with Gasteiger partial charge in [-0.3, -0.25) is 4.79 Å². The molecular weight excluding hydrogens is 260 g/mol. The average Bonchev–Trinajstić information content (AvgIpc) is 2.48. The van der Waals surface area contributed by atoms with Gasteiger partial charge in [0.05, 0.1) is 5.69 Å². The van der Waals surface area contributed by atoms with E-state index in [0.29, 0.717) is 5.92 Å². The van der Waals surface area contributed by atoms with Gasteiger partial charge in [-0.25, -0.2) is 5.10 Å². The third kappa shape index (κ3) is 6.89. The fraction of sp³-hybridized carbons (Fsp3) is 0.444. The molecule has 1 N–H and O–H groups in total. The van der Waals surface area contributed by atoms with Gasteiger partial charge in [0.2, 0.25) is 0 Å². The second-order valence-corrected chi connectivity index (χ2v) is 4.90. The molecule has 0 unspecified atom stereocenters. The molecule has 1 aromatic heterocycles. The summed E-state index contributed by atoms with van der Waals surface area (Å²) in [6.45, 7) is 13.9. The Morgan fingerprint density at radius 3 is 2.62 bits per heavy atom. The molecule has 3 heteroatoms. The number of nitrogens with zero attached hydrogens (tertiary/aromatic N) is 1. The Morgan fingerprint density at radius 2 is 2.10 bits per heavy atom.